The summed E-state index contributed by atoms with van der Waals surface area (Å²) in [4.78, 5) is 28.1. The third-order valence-corrected chi connectivity index (χ3v) is 4.70. The number of nitrogens with zero attached hydrogens (tertiary/aromatic N) is 2. The Hall–Kier alpha value is -3.22. The van der Waals surface area contributed by atoms with Crippen LogP contribution < -0.4 is 20.3 Å². The van der Waals surface area contributed by atoms with Gasteiger partial charge in [-0.3, -0.25) is 4.79 Å². The van der Waals surface area contributed by atoms with Crippen molar-refractivity contribution in [3.8, 4) is 5.75 Å². The minimum absolute atomic E-state index is 0.172. The van der Waals surface area contributed by atoms with Gasteiger partial charge in [0.15, 0.2) is 0 Å². The number of amides is 3. The zero-order chi connectivity index (χ0) is 20.1. The average Bonchev–Trinajstić information content (AvgIpc) is 2.68. The molecule has 3 amide bonds. The molecule has 1 aliphatic heterocycles. The van der Waals surface area contributed by atoms with Crippen LogP contribution in [0.4, 0.5) is 21.9 Å². The second kappa shape index (κ2) is 8.65. The number of carbonyl (C=O) groups excluding carboxylic acids is 2. The minimum atomic E-state index is -0.179. The number of rotatable bonds is 4. The van der Waals surface area contributed by atoms with Crippen molar-refractivity contribution in [2.45, 2.75) is 13.8 Å². The van der Waals surface area contributed by atoms with Gasteiger partial charge in [0.1, 0.15) is 5.75 Å². The van der Waals surface area contributed by atoms with Gasteiger partial charge in [-0.05, 0) is 42.8 Å². The van der Waals surface area contributed by atoms with Crippen LogP contribution in [0.2, 0.25) is 0 Å². The van der Waals surface area contributed by atoms with Gasteiger partial charge in [0, 0.05) is 44.5 Å². The van der Waals surface area contributed by atoms with E-state index in [2.05, 4.69) is 46.7 Å². The van der Waals surface area contributed by atoms with Crippen molar-refractivity contribution in [3.05, 3.63) is 48.0 Å². The molecule has 2 aromatic carbocycles. The molecule has 2 aromatic rings. The van der Waals surface area contributed by atoms with Crippen LogP contribution in [0, 0.1) is 6.92 Å². The third kappa shape index (κ3) is 4.73. The van der Waals surface area contributed by atoms with Gasteiger partial charge in [-0.1, -0.05) is 12.1 Å². The summed E-state index contributed by atoms with van der Waals surface area (Å²) in [6.45, 7) is 6.34. The van der Waals surface area contributed by atoms with E-state index in [-0.39, 0.29) is 11.9 Å². The molecule has 0 aliphatic carbocycles. The number of ether oxygens (including phenoxy) is 1. The number of hydrogen-bond acceptors (Lipinski definition) is 4. The Morgan fingerprint density at radius 3 is 2.39 bits per heavy atom. The standard InChI is InChI=1S/C21H26N4O3/c1-15-5-4-6-18(13-15)24-9-11-25(12-10-24)21(27)23-19-14-17(22-16(2)26)7-8-20(19)28-3/h4-8,13-14H,9-12H2,1-3H3,(H,22,26)(H,23,27). The summed E-state index contributed by atoms with van der Waals surface area (Å²) in [6.07, 6.45) is 0. The van der Waals surface area contributed by atoms with E-state index < -0.39 is 0 Å². The molecule has 7 nitrogen and oxygen atoms in total. The van der Waals surface area contributed by atoms with Crippen molar-refractivity contribution < 1.29 is 14.3 Å². The van der Waals surface area contributed by atoms with Gasteiger partial charge in [-0.25, -0.2) is 4.79 Å². The SMILES string of the molecule is COc1ccc(NC(C)=O)cc1NC(=O)N1CCN(c2cccc(C)c2)CC1. The summed E-state index contributed by atoms with van der Waals surface area (Å²) in [5.41, 5.74) is 3.54. The van der Waals surface area contributed by atoms with Crippen molar-refractivity contribution in [2.24, 2.45) is 0 Å². The summed E-state index contributed by atoms with van der Waals surface area (Å²) in [7, 11) is 1.55. The molecule has 28 heavy (non-hydrogen) atoms. The van der Waals surface area contributed by atoms with Crippen LogP contribution in [0.5, 0.6) is 5.75 Å². The first-order valence-corrected chi connectivity index (χ1v) is 9.29. The number of hydrogen-bond donors (Lipinski definition) is 2. The molecule has 1 heterocycles. The summed E-state index contributed by atoms with van der Waals surface area (Å²) in [5.74, 6) is 0.371. The van der Waals surface area contributed by atoms with Crippen LogP contribution >= 0.6 is 0 Å². The molecule has 2 N–H and O–H groups in total. The lowest BCUT2D eigenvalue weighted by molar-refractivity contribution is -0.114. The van der Waals surface area contributed by atoms with Crippen LogP contribution in [-0.4, -0.2) is 50.1 Å². The van der Waals surface area contributed by atoms with Crippen LogP contribution in [0.3, 0.4) is 0 Å². The highest BCUT2D eigenvalue weighted by molar-refractivity contribution is 5.94. The van der Waals surface area contributed by atoms with Gasteiger partial charge >= 0.3 is 6.03 Å². The number of piperazine rings is 1. The number of methoxy groups -OCH3 is 1. The van der Waals surface area contributed by atoms with E-state index in [0.717, 1.165) is 13.1 Å². The highest BCUT2D eigenvalue weighted by Crippen LogP contribution is 2.28. The maximum absolute atomic E-state index is 12.7. The topological polar surface area (TPSA) is 73.9 Å². The molecule has 1 aliphatic rings. The highest BCUT2D eigenvalue weighted by Gasteiger charge is 2.22. The van der Waals surface area contributed by atoms with Gasteiger partial charge in [-0.2, -0.15) is 0 Å². The molecule has 0 atom stereocenters. The second-order valence-electron chi connectivity index (χ2n) is 6.84. The second-order valence-corrected chi connectivity index (χ2v) is 6.84. The van der Waals surface area contributed by atoms with Crippen molar-refractivity contribution in [1.29, 1.82) is 0 Å². The quantitative estimate of drug-likeness (QED) is 0.851. The zero-order valence-corrected chi connectivity index (χ0v) is 16.5. The number of urea groups is 1. The van der Waals surface area contributed by atoms with Gasteiger partial charge < -0.3 is 25.2 Å². The first-order valence-electron chi connectivity index (χ1n) is 9.29. The van der Waals surface area contributed by atoms with Crippen molar-refractivity contribution in [2.75, 3.05) is 48.8 Å². The van der Waals surface area contributed by atoms with E-state index in [4.69, 9.17) is 4.74 Å². The molecule has 0 unspecified atom stereocenters. The Kier molecular flexibility index (Phi) is 6.03. The van der Waals surface area contributed by atoms with E-state index in [0.29, 0.717) is 30.2 Å². The molecule has 0 bridgehead atoms. The molecule has 0 radical (unpaired) electrons. The molecule has 0 aromatic heterocycles. The number of aryl methyl sites for hydroxylation is 1. The third-order valence-electron chi connectivity index (χ3n) is 4.70. The molecule has 7 heteroatoms. The molecule has 1 saturated heterocycles. The van der Waals surface area contributed by atoms with Crippen LogP contribution in [-0.2, 0) is 4.79 Å². The Bertz CT molecular complexity index is 860. The minimum Gasteiger partial charge on any atom is -0.495 e. The smallest absolute Gasteiger partial charge is 0.322 e. The molecular formula is C21H26N4O3. The first-order chi connectivity index (χ1) is 13.5. The molecule has 3 rings (SSSR count). The number of anilines is 3. The predicted octanol–water partition coefficient (Wildman–Crippen LogP) is 3.32. The molecule has 148 valence electrons. The molecular weight excluding hydrogens is 356 g/mol. The fourth-order valence-corrected chi connectivity index (χ4v) is 3.27. The zero-order valence-electron chi connectivity index (χ0n) is 16.5. The lowest BCUT2D eigenvalue weighted by atomic mass is 10.2. The number of carbonyl (C=O) groups is 2. The predicted molar refractivity (Wildman–Crippen MR) is 111 cm³/mol. The van der Waals surface area contributed by atoms with Gasteiger partial charge in [0.05, 0.1) is 12.8 Å². The normalized spacial score (nSPS) is 13.8. The summed E-state index contributed by atoms with van der Waals surface area (Å²) in [5, 5.41) is 5.61. The Morgan fingerprint density at radius 2 is 1.75 bits per heavy atom. The summed E-state index contributed by atoms with van der Waals surface area (Å²) in [6, 6.07) is 13.4. The van der Waals surface area contributed by atoms with Crippen molar-refractivity contribution in [1.82, 2.24) is 4.90 Å². The van der Waals surface area contributed by atoms with E-state index >= 15 is 0 Å². The van der Waals surface area contributed by atoms with Gasteiger partial charge in [0.2, 0.25) is 5.91 Å². The number of benzene rings is 2. The maximum Gasteiger partial charge on any atom is 0.322 e. The Balaban J connectivity index is 1.63. The Labute approximate surface area is 165 Å². The van der Waals surface area contributed by atoms with Gasteiger partial charge in [0.25, 0.3) is 0 Å². The van der Waals surface area contributed by atoms with E-state index in [1.54, 1.807) is 30.2 Å². The largest absolute Gasteiger partial charge is 0.495 e. The lowest BCUT2D eigenvalue weighted by Crippen LogP contribution is -2.50. The van der Waals surface area contributed by atoms with Crippen LogP contribution in [0.25, 0.3) is 0 Å². The monoisotopic (exact) mass is 382 g/mol. The Morgan fingerprint density at radius 1 is 1.00 bits per heavy atom. The van der Waals surface area contributed by atoms with Crippen molar-refractivity contribution >= 4 is 29.0 Å². The van der Waals surface area contributed by atoms with E-state index in [1.807, 2.05) is 0 Å². The molecule has 0 saturated carbocycles. The summed E-state index contributed by atoms with van der Waals surface area (Å²) >= 11 is 0. The van der Waals surface area contributed by atoms with Gasteiger partial charge in [-0.15, -0.1) is 0 Å². The fraction of sp³-hybridized carbons (Fsp3) is 0.333. The number of nitrogens with one attached hydrogen (secondary N) is 2. The molecule has 0 spiro atoms. The first kappa shape index (κ1) is 19.5. The van der Waals surface area contributed by atoms with Crippen LogP contribution in [0.15, 0.2) is 42.5 Å². The summed E-state index contributed by atoms with van der Waals surface area (Å²) < 4.78 is 5.33. The lowest BCUT2D eigenvalue weighted by Gasteiger charge is -2.36. The fourth-order valence-electron chi connectivity index (χ4n) is 3.27. The van der Waals surface area contributed by atoms with Crippen molar-refractivity contribution in [3.63, 3.8) is 0 Å². The highest BCUT2D eigenvalue weighted by atomic mass is 16.5. The van der Waals surface area contributed by atoms with E-state index in [1.165, 1.54) is 18.2 Å². The van der Waals surface area contributed by atoms with E-state index in [9.17, 15) is 9.59 Å². The average molecular weight is 382 g/mol. The van der Waals surface area contributed by atoms with Crippen LogP contribution in [0.1, 0.15) is 12.5 Å². The molecule has 1 fully saturated rings. The maximum atomic E-state index is 12.7.